The molecule has 2 aromatic heterocycles. The van der Waals surface area contributed by atoms with Gasteiger partial charge < -0.3 is 4.74 Å². The summed E-state index contributed by atoms with van der Waals surface area (Å²) < 4.78 is 6.98. The molecule has 4 nitrogen and oxygen atoms in total. The van der Waals surface area contributed by atoms with Crippen LogP contribution >= 0.6 is 11.3 Å². The van der Waals surface area contributed by atoms with Crippen molar-refractivity contribution in [3.8, 4) is 22.3 Å². The number of nitrogens with zero attached hydrogens (tertiary/aromatic N) is 2. The molecule has 0 aliphatic rings. The highest BCUT2D eigenvalue weighted by molar-refractivity contribution is 7.17. The van der Waals surface area contributed by atoms with E-state index in [1.54, 1.807) is 11.7 Å². The fourth-order valence-electron chi connectivity index (χ4n) is 3.56. The van der Waals surface area contributed by atoms with Crippen LogP contribution in [0.25, 0.3) is 32.5 Å². The predicted octanol–water partition coefficient (Wildman–Crippen LogP) is 5.56. The van der Waals surface area contributed by atoms with E-state index in [0.717, 1.165) is 27.3 Å². The molecule has 4 rings (SSSR count). The minimum Gasteiger partial charge on any atom is -0.383 e. The zero-order valence-corrected chi connectivity index (χ0v) is 17.7. The van der Waals surface area contributed by atoms with Gasteiger partial charge in [-0.1, -0.05) is 68.4 Å². The molecule has 0 saturated carbocycles. The van der Waals surface area contributed by atoms with Gasteiger partial charge in [-0.25, -0.2) is 4.98 Å². The molecule has 0 radical (unpaired) electrons. The number of aromatic nitrogens is 2. The monoisotopic (exact) mass is 404 g/mol. The Balaban J connectivity index is 1.81. The average Bonchev–Trinajstić information content (AvgIpc) is 3.18. The Morgan fingerprint density at radius 1 is 1.00 bits per heavy atom. The summed E-state index contributed by atoms with van der Waals surface area (Å²) in [6.45, 7) is 5.12. The summed E-state index contributed by atoms with van der Waals surface area (Å²) in [6.07, 6.45) is 0. The van der Waals surface area contributed by atoms with E-state index in [4.69, 9.17) is 9.72 Å². The van der Waals surface area contributed by atoms with Crippen LogP contribution in [0.5, 0.6) is 0 Å². The molecule has 2 heterocycles. The second kappa shape index (κ2) is 8.31. The first-order chi connectivity index (χ1) is 14.1. The van der Waals surface area contributed by atoms with Crippen molar-refractivity contribution in [2.75, 3.05) is 13.7 Å². The molecule has 0 unspecified atom stereocenters. The Hall–Kier alpha value is -2.76. The van der Waals surface area contributed by atoms with Crippen LogP contribution in [0.2, 0.25) is 0 Å². The fourth-order valence-corrected chi connectivity index (χ4v) is 4.51. The van der Waals surface area contributed by atoms with E-state index in [1.807, 2.05) is 23.6 Å². The summed E-state index contributed by atoms with van der Waals surface area (Å²) in [5.41, 5.74) is 4.33. The minimum absolute atomic E-state index is 0.0131. The molecule has 29 heavy (non-hydrogen) atoms. The summed E-state index contributed by atoms with van der Waals surface area (Å²) in [6, 6.07) is 18.7. The van der Waals surface area contributed by atoms with Crippen LogP contribution in [-0.2, 0) is 11.3 Å². The highest BCUT2D eigenvalue weighted by Gasteiger charge is 2.18. The fraction of sp³-hybridized carbons (Fsp3) is 0.250. The molecule has 0 saturated heterocycles. The second-order valence-corrected chi connectivity index (χ2v) is 8.21. The third kappa shape index (κ3) is 3.76. The highest BCUT2D eigenvalue weighted by atomic mass is 32.1. The third-order valence-corrected chi connectivity index (χ3v) is 5.93. The topological polar surface area (TPSA) is 44.1 Å². The number of rotatable bonds is 6. The lowest BCUT2D eigenvalue weighted by Crippen LogP contribution is -2.27. The van der Waals surface area contributed by atoms with Gasteiger partial charge >= 0.3 is 0 Å². The van der Waals surface area contributed by atoms with Gasteiger partial charge in [-0.2, -0.15) is 0 Å². The summed E-state index contributed by atoms with van der Waals surface area (Å²) in [5.74, 6) is 0.979. The number of methoxy groups -OCH3 is 1. The highest BCUT2D eigenvalue weighted by Crippen LogP contribution is 2.33. The van der Waals surface area contributed by atoms with Crippen LogP contribution in [0.1, 0.15) is 25.6 Å². The normalized spacial score (nSPS) is 11.4. The van der Waals surface area contributed by atoms with Crippen molar-refractivity contribution in [3.63, 3.8) is 0 Å². The third-order valence-electron chi connectivity index (χ3n) is 5.06. The number of hydrogen-bond donors (Lipinski definition) is 0. The first-order valence-corrected chi connectivity index (χ1v) is 10.6. The average molecular weight is 405 g/mol. The predicted molar refractivity (Wildman–Crippen MR) is 121 cm³/mol. The molecule has 0 aliphatic heterocycles. The van der Waals surface area contributed by atoms with Crippen molar-refractivity contribution in [2.24, 2.45) is 0 Å². The van der Waals surface area contributed by atoms with Gasteiger partial charge in [0.05, 0.1) is 18.5 Å². The maximum Gasteiger partial charge on any atom is 0.262 e. The number of fused-ring (bicyclic) bond motifs is 1. The van der Waals surface area contributed by atoms with Gasteiger partial charge in [0.1, 0.15) is 10.7 Å². The van der Waals surface area contributed by atoms with Gasteiger partial charge in [-0.3, -0.25) is 9.36 Å². The Kier molecular flexibility index (Phi) is 5.60. The van der Waals surface area contributed by atoms with E-state index in [1.165, 1.54) is 16.9 Å². The van der Waals surface area contributed by atoms with Gasteiger partial charge in [-0.15, -0.1) is 11.3 Å². The molecule has 0 fully saturated rings. The number of hydrogen-bond acceptors (Lipinski definition) is 4. The summed E-state index contributed by atoms with van der Waals surface area (Å²) in [7, 11) is 1.65. The standard InChI is InChI=1S/C24H24N2O2S/c1-16(2)22-25-23-21(24(27)26(22)13-14-28-3)20(15-29-23)19-11-9-18(10-12-19)17-7-5-4-6-8-17/h4-12,15-16H,13-14H2,1-3H3. The van der Waals surface area contributed by atoms with Crippen molar-refractivity contribution in [2.45, 2.75) is 26.3 Å². The molecular formula is C24H24N2O2S. The Morgan fingerprint density at radius 3 is 2.31 bits per heavy atom. The first-order valence-electron chi connectivity index (χ1n) is 9.77. The van der Waals surface area contributed by atoms with E-state index >= 15 is 0 Å². The molecule has 0 aliphatic carbocycles. The van der Waals surface area contributed by atoms with E-state index in [2.05, 4.69) is 50.2 Å². The number of thiophene rings is 1. The maximum atomic E-state index is 13.4. The lowest BCUT2D eigenvalue weighted by atomic mass is 10.0. The smallest absolute Gasteiger partial charge is 0.262 e. The van der Waals surface area contributed by atoms with Crippen molar-refractivity contribution in [3.05, 3.63) is 76.2 Å². The maximum absolute atomic E-state index is 13.4. The van der Waals surface area contributed by atoms with Gasteiger partial charge in [0.15, 0.2) is 0 Å². The van der Waals surface area contributed by atoms with Crippen LogP contribution in [-0.4, -0.2) is 23.3 Å². The Bertz CT molecular complexity index is 1180. The molecular weight excluding hydrogens is 380 g/mol. The van der Waals surface area contributed by atoms with Gasteiger partial charge in [0, 0.05) is 24.0 Å². The Morgan fingerprint density at radius 2 is 1.66 bits per heavy atom. The van der Waals surface area contributed by atoms with Crippen molar-refractivity contribution >= 4 is 21.6 Å². The van der Waals surface area contributed by atoms with Crippen LogP contribution in [0, 0.1) is 0 Å². The van der Waals surface area contributed by atoms with Gasteiger partial charge in [0.25, 0.3) is 5.56 Å². The minimum atomic E-state index is 0.0131. The molecule has 0 spiro atoms. The molecule has 2 aromatic carbocycles. The second-order valence-electron chi connectivity index (χ2n) is 7.35. The number of benzene rings is 2. The lowest BCUT2D eigenvalue weighted by molar-refractivity contribution is 0.184. The van der Waals surface area contributed by atoms with Crippen molar-refractivity contribution < 1.29 is 4.74 Å². The molecule has 0 amide bonds. The molecule has 5 heteroatoms. The van der Waals surface area contributed by atoms with Crippen molar-refractivity contribution in [1.82, 2.24) is 9.55 Å². The quantitative estimate of drug-likeness (QED) is 0.422. The van der Waals surface area contributed by atoms with Gasteiger partial charge in [-0.05, 0) is 16.7 Å². The SMILES string of the molecule is COCCn1c(C(C)C)nc2scc(-c3ccc(-c4ccccc4)cc3)c2c1=O. The summed E-state index contributed by atoms with van der Waals surface area (Å²) in [5, 5.41) is 2.74. The molecule has 148 valence electrons. The zero-order chi connectivity index (χ0) is 20.4. The zero-order valence-electron chi connectivity index (χ0n) is 16.9. The number of ether oxygens (including phenoxy) is 1. The molecule has 0 N–H and O–H groups in total. The first kappa shape index (κ1) is 19.6. The van der Waals surface area contributed by atoms with Gasteiger partial charge in [0.2, 0.25) is 0 Å². The van der Waals surface area contributed by atoms with Crippen LogP contribution in [0.3, 0.4) is 0 Å². The molecule has 4 aromatic rings. The van der Waals surface area contributed by atoms with E-state index in [9.17, 15) is 4.79 Å². The Labute approximate surface area is 174 Å². The van der Waals surface area contributed by atoms with E-state index < -0.39 is 0 Å². The largest absolute Gasteiger partial charge is 0.383 e. The van der Waals surface area contributed by atoms with Crippen LogP contribution in [0.4, 0.5) is 0 Å². The van der Waals surface area contributed by atoms with E-state index in [0.29, 0.717) is 18.5 Å². The summed E-state index contributed by atoms with van der Waals surface area (Å²) >= 11 is 1.53. The van der Waals surface area contributed by atoms with E-state index in [-0.39, 0.29) is 11.5 Å². The van der Waals surface area contributed by atoms with Crippen LogP contribution in [0.15, 0.2) is 64.8 Å². The lowest BCUT2D eigenvalue weighted by Gasteiger charge is -2.15. The molecule has 0 atom stereocenters. The summed E-state index contributed by atoms with van der Waals surface area (Å²) in [4.78, 5) is 19.0. The van der Waals surface area contributed by atoms with Crippen LogP contribution < -0.4 is 5.56 Å². The molecule has 0 bridgehead atoms. The van der Waals surface area contributed by atoms with Crippen molar-refractivity contribution in [1.29, 1.82) is 0 Å².